The van der Waals surface area contributed by atoms with Gasteiger partial charge in [-0.05, 0) is 19.4 Å². The van der Waals surface area contributed by atoms with E-state index in [4.69, 9.17) is 0 Å². The summed E-state index contributed by atoms with van der Waals surface area (Å²) in [6, 6.07) is 3.61. The molecule has 0 saturated carbocycles. The van der Waals surface area contributed by atoms with Crippen molar-refractivity contribution in [2.24, 2.45) is 0 Å². The van der Waals surface area contributed by atoms with Crippen LogP contribution in [0.25, 0.3) is 0 Å². The van der Waals surface area contributed by atoms with E-state index in [9.17, 15) is 9.90 Å². The Morgan fingerprint density at radius 1 is 1.57 bits per heavy atom. The Balaban J connectivity index is 2.77. The molecule has 0 radical (unpaired) electrons. The maximum atomic E-state index is 11.6. The topological polar surface area (TPSA) is 42.2 Å². The van der Waals surface area contributed by atoms with Gasteiger partial charge in [-0.25, -0.2) is 0 Å². The molecule has 14 heavy (non-hydrogen) atoms. The monoisotopic (exact) mass is 195 g/mol. The average molecular weight is 195 g/mol. The summed E-state index contributed by atoms with van der Waals surface area (Å²) in [6.45, 7) is 4.20. The fraction of sp³-hybridized carbons (Fsp3) is 0.545. The Morgan fingerprint density at radius 3 is 2.93 bits per heavy atom. The van der Waals surface area contributed by atoms with Crippen molar-refractivity contribution < 1.29 is 5.11 Å². The lowest BCUT2D eigenvalue weighted by Gasteiger charge is -2.11. The number of aliphatic hydroxyl groups is 1. The van der Waals surface area contributed by atoms with Crippen molar-refractivity contribution in [2.45, 2.75) is 39.3 Å². The summed E-state index contributed by atoms with van der Waals surface area (Å²) in [5, 5.41) is 9.56. The molecule has 78 valence electrons. The predicted octanol–water partition coefficient (Wildman–Crippen LogP) is 1.32. The Labute approximate surface area is 84.0 Å². The van der Waals surface area contributed by atoms with Gasteiger partial charge < -0.3 is 9.67 Å². The molecule has 0 fully saturated rings. The molecule has 1 N–H and O–H groups in total. The van der Waals surface area contributed by atoms with Crippen LogP contribution in [0.3, 0.4) is 0 Å². The number of aryl methyl sites for hydroxylation is 1. The molecule has 1 aromatic rings. The number of hydrogen-bond donors (Lipinski definition) is 1. The molecule has 3 heteroatoms. The molecule has 1 atom stereocenters. The van der Waals surface area contributed by atoms with Crippen LogP contribution in [-0.4, -0.2) is 15.8 Å². The first-order valence-electron chi connectivity index (χ1n) is 4.99. The van der Waals surface area contributed by atoms with E-state index in [0.29, 0.717) is 6.54 Å². The molecule has 0 spiro atoms. The maximum absolute atomic E-state index is 11.6. The first-order valence-corrected chi connectivity index (χ1v) is 4.99. The van der Waals surface area contributed by atoms with Crippen molar-refractivity contribution in [2.75, 3.05) is 0 Å². The molecule has 3 nitrogen and oxygen atoms in total. The number of hydrogen-bond acceptors (Lipinski definition) is 2. The minimum Gasteiger partial charge on any atom is -0.391 e. The van der Waals surface area contributed by atoms with Gasteiger partial charge >= 0.3 is 0 Å². The highest BCUT2D eigenvalue weighted by atomic mass is 16.3. The molecule has 0 aliphatic heterocycles. The second-order valence-corrected chi connectivity index (χ2v) is 3.59. The molecule has 0 bridgehead atoms. The summed E-state index contributed by atoms with van der Waals surface area (Å²) in [7, 11) is 0. The van der Waals surface area contributed by atoms with Crippen LogP contribution >= 0.6 is 0 Å². The summed E-state index contributed by atoms with van der Waals surface area (Å²) in [5.41, 5.74) is 0.707. The zero-order chi connectivity index (χ0) is 10.6. The summed E-state index contributed by atoms with van der Waals surface area (Å²) in [5.74, 6) is 0. The van der Waals surface area contributed by atoms with Crippen LogP contribution in [0.15, 0.2) is 23.1 Å². The SMILES string of the molecule is CCCC(O)Cn1cccc(C)c1=O. The third-order valence-electron chi connectivity index (χ3n) is 2.24. The molecule has 1 rings (SSSR count). The Kier molecular flexibility index (Phi) is 3.89. The minimum atomic E-state index is -0.417. The maximum Gasteiger partial charge on any atom is 0.253 e. The number of rotatable bonds is 4. The van der Waals surface area contributed by atoms with E-state index >= 15 is 0 Å². The number of pyridine rings is 1. The summed E-state index contributed by atoms with van der Waals surface area (Å²) in [6.07, 6.45) is 2.97. The van der Waals surface area contributed by atoms with Crippen molar-refractivity contribution in [3.63, 3.8) is 0 Å². The highest BCUT2D eigenvalue weighted by Crippen LogP contribution is 1.99. The van der Waals surface area contributed by atoms with E-state index in [1.165, 1.54) is 0 Å². The molecule has 0 aliphatic carbocycles. The Hall–Kier alpha value is -1.09. The number of aromatic nitrogens is 1. The normalized spacial score (nSPS) is 12.8. The van der Waals surface area contributed by atoms with Gasteiger partial charge in [0, 0.05) is 11.8 Å². The number of nitrogens with zero attached hydrogens (tertiary/aromatic N) is 1. The first kappa shape index (κ1) is 11.0. The van der Waals surface area contributed by atoms with E-state index in [1.807, 2.05) is 13.0 Å². The van der Waals surface area contributed by atoms with Gasteiger partial charge in [0.1, 0.15) is 0 Å². The lowest BCUT2D eigenvalue weighted by Crippen LogP contribution is -2.27. The van der Waals surface area contributed by atoms with Gasteiger partial charge in [-0.2, -0.15) is 0 Å². The fourth-order valence-corrected chi connectivity index (χ4v) is 1.45. The van der Waals surface area contributed by atoms with Crippen molar-refractivity contribution in [1.29, 1.82) is 0 Å². The van der Waals surface area contributed by atoms with Gasteiger partial charge in [-0.15, -0.1) is 0 Å². The van der Waals surface area contributed by atoms with Crippen LogP contribution in [0.5, 0.6) is 0 Å². The van der Waals surface area contributed by atoms with Gasteiger partial charge in [-0.1, -0.05) is 19.4 Å². The van der Waals surface area contributed by atoms with Crippen LogP contribution in [-0.2, 0) is 6.54 Å². The van der Waals surface area contributed by atoms with Crippen molar-refractivity contribution in [3.05, 3.63) is 34.2 Å². The van der Waals surface area contributed by atoms with Gasteiger partial charge in [0.2, 0.25) is 0 Å². The lowest BCUT2D eigenvalue weighted by molar-refractivity contribution is 0.142. The molecule has 0 amide bonds. The van der Waals surface area contributed by atoms with Crippen molar-refractivity contribution >= 4 is 0 Å². The smallest absolute Gasteiger partial charge is 0.253 e. The van der Waals surface area contributed by atoms with E-state index in [2.05, 4.69) is 0 Å². The Morgan fingerprint density at radius 2 is 2.29 bits per heavy atom. The third kappa shape index (κ3) is 2.70. The molecule has 0 aliphatic rings. The first-order chi connectivity index (χ1) is 6.65. The summed E-state index contributed by atoms with van der Waals surface area (Å²) < 4.78 is 1.57. The highest BCUT2D eigenvalue weighted by molar-refractivity contribution is 5.07. The van der Waals surface area contributed by atoms with Crippen LogP contribution < -0.4 is 5.56 Å². The quantitative estimate of drug-likeness (QED) is 0.787. The van der Waals surface area contributed by atoms with Crippen LogP contribution in [0.1, 0.15) is 25.3 Å². The van der Waals surface area contributed by atoms with Crippen molar-refractivity contribution in [1.82, 2.24) is 4.57 Å². The standard InChI is InChI=1S/C11H17NO2/c1-3-5-10(13)8-12-7-4-6-9(2)11(12)14/h4,6-7,10,13H,3,5,8H2,1-2H3. The van der Waals surface area contributed by atoms with Gasteiger partial charge in [0.05, 0.1) is 12.6 Å². The summed E-state index contributed by atoms with van der Waals surface area (Å²) >= 11 is 0. The van der Waals surface area contributed by atoms with Gasteiger partial charge in [-0.3, -0.25) is 4.79 Å². The van der Waals surface area contributed by atoms with Gasteiger partial charge in [0.15, 0.2) is 0 Å². The second-order valence-electron chi connectivity index (χ2n) is 3.59. The highest BCUT2D eigenvalue weighted by Gasteiger charge is 2.05. The molecule has 0 saturated heterocycles. The van der Waals surface area contributed by atoms with E-state index in [1.54, 1.807) is 23.8 Å². The average Bonchev–Trinajstić information content (AvgIpc) is 2.13. The molecule has 0 aromatic carbocycles. The minimum absolute atomic E-state index is 0.0114. The largest absolute Gasteiger partial charge is 0.391 e. The molecule has 1 aromatic heterocycles. The van der Waals surface area contributed by atoms with Crippen LogP contribution in [0, 0.1) is 6.92 Å². The lowest BCUT2D eigenvalue weighted by atomic mass is 10.2. The van der Waals surface area contributed by atoms with E-state index in [0.717, 1.165) is 18.4 Å². The summed E-state index contributed by atoms with van der Waals surface area (Å²) in [4.78, 5) is 11.6. The van der Waals surface area contributed by atoms with Crippen LogP contribution in [0.4, 0.5) is 0 Å². The predicted molar refractivity (Wildman–Crippen MR) is 56.4 cm³/mol. The number of aliphatic hydroxyl groups excluding tert-OH is 1. The van der Waals surface area contributed by atoms with Gasteiger partial charge in [0.25, 0.3) is 5.56 Å². The van der Waals surface area contributed by atoms with E-state index in [-0.39, 0.29) is 5.56 Å². The fourth-order valence-electron chi connectivity index (χ4n) is 1.45. The zero-order valence-electron chi connectivity index (χ0n) is 8.73. The molecular formula is C11H17NO2. The zero-order valence-corrected chi connectivity index (χ0v) is 8.73. The molecule has 1 heterocycles. The third-order valence-corrected chi connectivity index (χ3v) is 2.24. The van der Waals surface area contributed by atoms with Crippen molar-refractivity contribution in [3.8, 4) is 0 Å². The molecular weight excluding hydrogens is 178 g/mol. The van der Waals surface area contributed by atoms with E-state index < -0.39 is 6.10 Å². The second kappa shape index (κ2) is 4.96. The van der Waals surface area contributed by atoms with Crippen LogP contribution in [0.2, 0.25) is 0 Å². The molecule has 1 unspecified atom stereocenters. The Bertz CT molecular complexity index is 343.